The minimum atomic E-state index is -4.02. The fraction of sp³-hybridized carbons (Fsp3) is 0.444. The number of carbonyl (C=O) groups is 2. The second-order valence-corrected chi connectivity index (χ2v) is 7.43. The van der Waals surface area contributed by atoms with Crippen molar-refractivity contribution in [1.29, 1.82) is 0 Å². The fourth-order valence-corrected chi connectivity index (χ4v) is 3.21. The molecule has 0 spiro atoms. The number of amides is 2. The summed E-state index contributed by atoms with van der Waals surface area (Å²) in [5.41, 5.74) is 1.21. The van der Waals surface area contributed by atoms with Crippen LogP contribution in [0.2, 0.25) is 0 Å². The van der Waals surface area contributed by atoms with Crippen molar-refractivity contribution in [3.8, 4) is 0 Å². The molecule has 26 heavy (non-hydrogen) atoms. The van der Waals surface area contributed by atoms with E-state index in [1.165, 1.54) is 0 Å². The maximum Gasteiger partial charge on any atom is 0.329 e. The van der Waals surface area contributed by atoms with Crippen LogP contribution in [0, 0.1) is 5.92 Å². The van der Waals surface area contributed by atoms with E-state index in [1.807, 2.05) is 17.7 Å². The van der Waals surface area contributed by atoms with Crippen molar-refractivity contribution in [2.24, 2.45) is 5.92 Å². The number of hydrogen-bond acceptors (Lipinski definition) is 5. The topological polar surface area (TPSA) is 102 Å². The Morgan fingerprint density at radius 1 is 1.19 bits per heavy atom. The number of hydrogen-bond donors (Lipinski definition) is 2. The van der Waals surface area contributed by atoms with Gasteiger partial charge in [-0.15, -0.1) is 0 Å². The molecule has 0 fully saturated rings. The molecule has 0 aliphatic carbocycles. The zero-order chi connectivity index (χ0) is 19.7. The molecule has 0 bridgehead atoms. The molecule has 2 N–H and O–H groups in total. The van der Waals surface area contributed by atoms with Gasteiger partial charge in [-0.2, -0.15) is 0 Å². The molecule has 0 saturated heterocycles. The van der Waals surface area contributed by atoms with E-state index in [4.69, 9.17) is 4.74 Å². The van der Waals surface area contributed by atoms with E-state index >= 15 is 0 Å². The zero-order valence-electron chi connectivity index (χ0n) is 15.5. The number of sulfonamides is 1. The van der Waals surface area contributed by atoms with E-state index in [-0.39, 0.29) is 12.5 Å². The van der Waals surface area contributed by atoms with Gasteiger partial charge in [0, 0.05) is 0 Å². The van der Waals surface area contributed by atoms with Crippen LogP contribution in [-0.4, -0.2) is 33.1 Å². The maximum atomic E-state index is 12.2. The molecule has 0 aromatic heterocycles. The Balaban J connectivity index is 2.85. The summed E-state index contributed by atoms with van der Waals surface area (Å²) in [5.74, 6) is -0.797. The second kappa shape index (κ2) is 9.96. The minimum absolute atomic E-state index is 0.173. The van der Waals surface area contributed by atoms with Crippen LogP contribution >= 0.6 is 0 Å². The highest BCUT2D eigenvalue weighted by atomic mass is 32.2. The van der Waals surface area contributed by atoms with Crippen LogP contribution in [0.3, 0.4) is 0 Å². The number of urea groups is 1. The molecule has 2 amide bonds. The van der Waals surface area contributed by atoms with Crippen LogP contribution in [0.25, 0.3) is 5.57 Å². The first kappa shape index (κ1) is 21.7. The van der Waals surface area contributed by atoms with Crippen molar-refractivity contribution >= 4 is 27.6 Å². The molecule has 1 rings (SSSR count). The van der Waals surface area contributed by atoms with Crippen LogP contribution in [0.4, 0.5) is 4.79 Å². The molecule has 1 aromatic carbocycles. The number of benzene rings is 1. The van der Waals surface area contributed by atoms with Crippen molar-refractivity contribution in [3.05, 3.63) is 41.3 Å². The number of esters is 1. The monoisotopic (exact) mass is 382 g/mol. The van der Waals surface area contributed by atoms with Crippen LogP contribution < -0.4 is 10.0 Å². The molecule has 7 nitrogen and oxygen atoms in total. The van der Waals surface area contributed by atoms with Gasteiger partial charge in [-0.25, -0.2) is 22.7 Å². The predicted octanol–water partition coefficient (Wildman–Crippen LogP) is 2.65. The normalized spacial score (nSPS) is 14.2. The van der Waals surface area contributed by atoms with Crippen molar-refractivity contribution in [1.82, 2.24) is 10.0 Å². The molecular weight excluding hydrogens is 356 g/mol. The summed E-state index contributed by atoms with van der Waals surface area (Å²) in [5, 5.41) is 3.37. The smallest absolute Gasteiger partial charge is 0.329 e. The summed E-state index contributed by atoms with van der Waals surface area (Å²) in [4.78, 5) is 24.1. The van der Waals surface area contributed by atoms with Crippen LogP contribution in [0.15, 0.2) is 35.7 Å². The first-order valence-corrected chi connectivity index (χ1v) is 9.98. The molecule has 0 radical (unpaired) electrons. The highest BCUT2D eigenvalue weighted by Gasteiger charge is 2.28. The number of rotatable bonds is 8. The van der Waals surface area contributed by atoms with Gasteiger partial charge in [0.1, 0.15) is 6.04 Å². The Morgan fingerprint density at radius 2 is 1.81 bits per heavy atom. The van der Waals surface area contributed by atoms with Crippen LogP contribution in [-0.2, 0) is 19.6 Å². The summed E-state index contributed by atoms with van der Waals surface area (Å²) in [6, 6.07) is 7.03. The van der Waals surface area contributed by atoms with Gasteiger partial charge >= 0.3 is 12.0 Å². The number of nitrogens with one attached hydrogen (secondary N) is 2. The first-order valence-electron chi connectivity index (χ1n) is 8.43. The molecule has 8 heteroatoms. The van der Waals surface area contributed by atoms with Crippen molar-refractivity contribution < 1.29 is 22.7 Å². The third-order valence-corrected chi connectivity index (χ3v) is 4.97. The lowest BCUT2D eigenvalue weighted by Gasteiger charge is -2.22. The highest BCUT2D eigenvalue weighted by Crippen LogP contribution is 2.14. The summed E-state index contributed by atoms with van der Waals surface area (Å²) in [6.07, 6.45) is 0.615. The lowest BCUT2D eigenvalue weighted by molar-refractivity contribution is -0.146. The standard InChI is InChI=1S/C18H26N2O5S/c1-5-13(3)16(17(21)25-6-2)19-18(22)20-26(23,24)12-14(4)15-10-8-7-9-11-15/h7-13,16H,5-6H2,1-4H3,(H2,19,20,22)/b14-12+. The molecule has 0 aliphatic heterocycles. The van der Waals surface area contributed by atoms with E-state index < -0.39 is 28.1 Å². The third-order valence-electron chi connectivity index (χ3n) is 3.84. The molecular formula is C18H26N2O5S. The van der Waals surface area contributed by atoms with Crippen molar-refractivity contribution in [2.45, 2.75) is 40.2 Å². The Labute approximate surface area is 154 Å². The molecule has 0 aliphatic rings. The van der Waals surface area contributed by atoms with Gasteiger partial charge in [0.25, 0.3) is 10.0 Å². The fourth-order valence-electron chi connectivity index (χ4n) is 2.23. The maximum absolute atomic E-state index is 12.2. The number of allylic oxidation sites excluding steroid dienone is 1. The molecule has 1 aromatic rings. The number of carbonyl (C=O) groups excluding carboxylic acids is 2. The summed E-state index contributed by atoms with van der Waals surface area (Å²) in [6.45, 7) is 7.10. The highest BCUT2D eigenvalue weighted by molar-refractivity contribution is 7.93. The quantitative estimate of drug-likeness (QED) is 0.673. The van der Waals surface area contributed by atoms with Gasteiger partial charge in [-0.05, 0) is 30.9 Å². The van der Waals surface area contributed by atoms with Gasteiger partial charge < -0.3 is 10.1 Å². The predicted molar refractivity (Wildman–Crippen MR) is 101 cm³/mol. The average molecular weight is 382 g/mol. The summed E-state index contributed by atoms with van der Waals surface area (Å²) in [7, 11) is -4.02. The molecule has 2 atom stereocenters. The SMILES string of the molecule is CCOC(=O)C(NC(=O)NS(=O)(=O)/C=C(\C)c1ccccc1)C(C)CC. The lowest BCUT2D eigenvalue weighted by atomic mass is 9.99. The molecule has 0 heterocycles. The van der Waals surface area contributed by atoms with Crippen LogP contribution in [0.5, 0.6) is 0 Å². The first-order chi connectivity index (χ1) is 12.2. The largest absolute Gasteiger partial charge is 0.464 e. The lowest BCUT2D eigenvalue weighted by Crippen LogP contribution is -2.50. The Hall–Kier alpha value is -2.35. The van der Waals surface area contributed by atoms with Crippen molar-refractivity contribution in [2.75, 3.05) is 6.61 Å². The average Bonchev–Trinajstić information content (AvgIpc) is 2.59. The summed E-state index contributed by atoms with van der Waals surface area (Å²) < 4.78 is 31.2. The zero-order valence-corrected chi connectivity index (χ0v) is 16.3. The van der Waals surface area contributed by atoms with E-state index in [1.54, 1.807) is 45.0 Å². The van der Waals surface area contributed by atoms with E-state index in [9.17, 15) is 18.0 Å². The molecule has 144 valence electrons. The minimum Gasteiger partial charge on any atom is -0.464 e. The molecule has 2 unspecified atom stereocenters. The Morgan fingerprint density at radius 3 is 2.35 bits per heavy atom. The number of ether oxygens (including phenoxy) is 1. The Bertz CT molecular complexity index is 744. The summed E-state index contributed by atoms with van der Waals surface area (Å²) >= 11 is 0. The van der Waals surface area contributed by atoms with E-state index in [0.29, 0.717) is 12.0 Å². The van der Waals surface area contributed by atoms with Gasteiger partial charge in [-0.3, -0.25) is 0 Å². The third kappa shape index (κ3) is 6.87. The van der Waals surface area contributed by atoms with E-state index in [0.717, 1.165) is 11.0 Å². The van der Waals surface area contributed by atoms with Gasteiger partial charge in [0.05, 0.1) is 12.0 Å². The molecule has 0 saturated carbocycles. The van der Waals surface area contributed by atoms with Gasteiger partial charge in [0.2, 0.25) is 0 Å². The van der Waals surface area contributed by atoms with E-state index in [2.05, 4.69) is 5.32 Å². The second-order valence-electron chi connectivity index (χ2n) is 5.90. The van der Waals surface area contributed by atoms with Crippen molar-refractivity contribution in [3.63, 3.8) is 0 Å². The van der Waals surface area contributed by atoms with Gasteiger partial charge in [-0.1, -0.05) is 50.6 Å². The van der Waals surface area contributed by atoms with Gasteiger partial charge in [0.15, 0.2) is 0 Å². The van der Waals surface area contributed by atoms with Crippen LogP contribution in [0.1, 0.15) is 39.7 Å². The Kier molecular flexibility index (Phi) is 8.31.